The Bertz CT molecular complexity index is 1950. The number of hydrogen-bond acceptors (Lipinski definition) is 6. The van der Waals surface area contributed by atoms with Gasteiger partial charge in [-0.25, -0.2) is 0 Å². The molecule has 0 bridgehead atoms. The number of hydrogen-bond donors (Lipinski definition) is 0. The van der Waals surface area contributed by atoms with Crippen molar-refractivity contribution in [3.05, 3.63) is 44.5 Å². The van der Waals surface area contributed by atoms with Crippen LogP contribution >= 0.6 is 0 Å². The van der Waals surface area contributed by atoms with Crippen LogP contribution in [0.4, 0.5) is 0 Å². The van der Waals surface area contributed by atoms with Crippen molar-refractivity contribution >= 4 is 11.9 Å². The van der Waals surface area contributed by atoms with E-state index in [9.17, 15) is 9.59 Å². The molecular weight excluding hydrogens is 937 g/mol. The predicted molar refractivity (Wildman–Crippen MR) is 323 cm³/mol. The Kier molecular flexibility index (Phi) is 27.3. The molecule has 0 saturated heterocycles. The standard InChI is InChI=1S/C70H118O6/c1-47(2)31-25-33-49(5)35-27-37-51(7)39-29-43-69(17)61(45-63-57(13)65(73-59(15)71)53(9)55(11)67(63)75-69)41-23-21-19-20-22-24-42-62-46-64-58(14)66(74-60(16)72)54(10)56(12)68(64)76-70(62,18)44-30-40-52(8)38-28-36-50(6)34-26-32-48(3)4/h47-52,61-62H,19-46H2,1-18H3. The van der Waals surface area contributed by atoms with E-state index in [4.69, 9.17) is 18.9 Å². The van der Waals surface area contributed by atoms with Crippen LogP contribution in [-0.4, -0.2) is 23.1 Å². The van der Waals surface area contributed by atoms with Gasteiger partial charge in [0.1, 0.15) is 34.2 Å². The van der Waals surface area contributed by atoms with Crippen LogP contribution in [0.3, 0.4) is 0 Å². The zero-order valence-corrected chi connectivity index (χ0v) is 52.9. The van der Waals surface area contributed by atoms with Crippen molar-refractivity contribution < 1.29 is 28.5 Å². The lowest BCUT2D eigenvalue weighted by Crippen LogP contribution is -2.45. The second-order valence-corrected chi connectivity index (χ2v) is 27.3. The van der Waals surface area contributed by atoms with Gasteiger partial charge in [0.15, 0.2) is 0 Å². The number of esters is 2. The molecule has 0 aromatic heterocycles. The molecule has 4 rings (SSSR count). The highest BCUT2D eigenvalue weighted by atomic mass is 16.5. The molecule has 434 valence electrons. The van der Waals surface area contributed by atoms with Crippen LogP contribution in [-0.2, 0) is 22.4 Å². The van der Waals surface area contributed by atoms with Gasteiger partial charge in [-0.15, -0.1) is 0 Å². The Labute approximate surface area is 468 Å². The average Bonchev–Trinajstić information content (AvgIpc) is 3.34. The molecule has 8 atom stereocenters. The smallest absolute Gasteiger partial charge is 0.308 e. The van der Waals surface area contributed by atoms with Gasteiger partial charge >= 0.3 is 11.9 Å². The first-order valence-corrected chi connectivity index (χ1v) is 31.9. The van der Waals surface area contributed by atoms with Crippen molar-refractivity contribution in [3.63, 3.8) is 0 Å². The summed E-state index contributed by atoms with van der Waals surface area (Å²) >= 11 is 0. The van der Waals surface area contributed by atoms with E-state index in [0.29, 0.717) is 11.8 Å². The fourth-order valence-electron chi connectivity index (χ4n) is 13.6. The Morgan fingerprint density at radius 1 is 0.421 bits per heavy atom. The van der Waals surface area contributed by atoms with E-state index in [1.165, 1.54) is 166 Å². The van der Waals surface area contributed by atoms with E-state index in [1.54, 1.807) is 0 Å². The molecule has 0 saturated carbocycles. The molecule has 0 spiro atoms. The van der Waals surface area contributed by atoms with Crippen LogP contribution in [0.5, 0.6) is 23.0 Å². The first-order valence-electron chi connectivity index (χ1n) is 31.9. The fraction of sp³-hybridized carbons (Fsp3) is 0.800. The SMILES string of the molecule is CC(=O)Oc1c(C)c(C)c2c(c1C)CC(CCCCCCCCC1Cc3c(C)c(OC(C)=O)c(C)c(C)c3OC1(C)CCCC(C)CCCC(C)CCCC(C)C)C(C)(CCCC(C)CCCC(C)CCCC(C)C)O2. The van der Waals surface area contributed by atoms with Crippen LogP contribution in [0.1, 0.15) is 295 Å². The van der Waals surface area contributed by atoms with Crippen LogP contribution in [0.2, 0.25) is 0 Å². The van der Waals surface area contributed by atoms with E-state index in [0.717, 1.165) is 130 Å². The minimum absolute atomic E-state index is 0.227. The maximum atomic E-state index is 12.3. The molecule has 0 N–H and O–H groups in total. The quantitative estimate of drug-likeness (QED) is 0.0389. The van der Waals surface area contributed by atoms with E-state index in [2.05, 4.69) is 111 Å². The molecule has 6 heteroatoms. The normalized spacial score (nSPS) is 20.9. The summed E-state index contributed by atoms with van der Waals surface area (Å²) in [5, 5.41) is 0. The summed E-state index contributed by atoms with van der Waals surface area (Å²) in [4.78, 5) is 24.5. The van der Waals surface area contributed by atoms with Gasteiger partial charge in [-0.05, 0) is 176 Å². The van der Waals surface area contributed by atoms with Crippen molar-refractivity contribution in [2.45, 2.75) is 316 Å². The Morgan fingerprint density at radius 3 is 1.01 bits per heavy atom. The molecule has 8 unspecified atom stereocenters. The second-order valence-electron chi connectivity index (χ2n) is 27.3. The van der Waals surface area contributed by atoms with E-state index in [1.807, 2.05) is 0 Å². The lowest BCUT2D eigenvalue weighted by atomic mass is 9.73. The summed E-state index contributed by atoms with van der Waals surface area (Å²) in [7, 11) is 0. The molecule has 76 heavy (non-hydrogen) atoms. The summed E-state index contributed by atoms with van der Waals surface area (Å²) in [6.07, 6.45) is 34.9. The van der Waals surface area contributed by atoms with Crippen LogP contribution in [0.15, 0.2) is 0 Å². The van der Waals surface area contributed by atoms with E-state index >= 15 is 0 Å². The van der Waals surface area contributed by atoms with Crippen LogP contribution in [0, 0.1) is 88.9 Å². The summed E-state index contributed by atoms with van der Waals surface area (Å²) in [6.45, 7) is 39.8. The zero-order chi connectivity index (χ0) is 56.3. The number of ether oxygens (including phenoxy) is 4. The van der Waals surface area contributed by atoms with Gasteiger partial charge in [0, 0.05) is 36.8 Å². The molecule has 2 aromatic carbocycles. The highest BCUT2D eigenvalue weighted by molar-refractivity contribution is 5.73. The van der Waals surface area contributed by atoms with Gasteiger partial charge in [-0.2, -0.15) is 0 Å². The second kappa shape index (κ2) is 31.7. The Balaban J connectivity index is 1.36. The molecule has 0 aliphatic carbocycles. The molecule has 2 aromatic rings. The average molecular weight is 1060 g/mol. The largest absolute Gasteiger partial charge is 0.487 e. The van der Waals surface area contributed by atoms with Gasteiger partial charge in [0.2, 0.25) is 0 Å². The monoisotopic (exact) mass is 1050 g/mol. The lowest BCUT2D eigenvalue weighted by molar-refractivity contribution is -0.132. The van der Waals surface area contributed by atoms with Gasteiger partial charge in [0.25, 0.3) is 0 Å². The maximum Gasteiger partial charge on any atom is 0.308 e. The highest BCUT2D eigenvalue weighted by Gasteiger charge is 2.44. The molecule has 2 aliphatic heterocycles. The van der Waals surface area contributed by atoms with Crippen molar-refractivity contribution in [3.8, 4) is 23.0 Å². The highest BCUT2D eigenvalue weighted by Crippen LogP contribution is 2.50. The van der Waals surface area contributed by atoms with Gasteiger partial charge in [-0.3, -0.25) is 9.59 Å². The lowest BCUT2D eigenvalue weighted by Gasteiger charge is -2.45. The first-order chi connectivity index (χ1) is 35.9. The molecule has 2 heterocycles. The summed E-state index contributed by atoms with van der Waals surface area (Å²) in [6, 6.07) is 0. The topological polar surface area (TPSA) is 71.1 Å². The first kappa shape index (κ1) is 65.5. The number of rotatable bonds is 35. The third-order valence-electron chi connectivity index (χ3n) is 19.3. The molecule has 0 amide bonds. The number of unbranched alkanes of at least 4 members (excludes halogenated alkanes) is 5. The molecule has 2 aliphatic rings. The van der Waals surface area contributed by atoms with Crippen molar-refractivity contribution in [2.75, 3.05) is 0 Å². The number of benzene rings is 2. The molecular formula is C70H118O6. The molecule has 0 fully saturated rings. The van der Waals surface area contributed by atoms with Gasteiger partial charge in [-0.1, -0.05) is 184 Å². The van der Waals surface area contributed by atoms with Crippen molar-refractivity contribution in [1.82, 2.24) is 0 Å². The summed E-state index contributed by atoms with van der Waals surface area (Å²) < 4.78 is 26.3. The predicted octanol–water partition coefficient (Wildman–Crippen LogP) is 20.7. The Hall–Kier alpha value is -3.02. The zero-order valence-electron chi connectivity index (χ0n) is 52.9. The minimum atomic E-state index is -0.265. The van der Waals surface area contributed by atoms with Gasteiger partial charge < -0.3 is 18.9 Å². The van der Waals surface area contributed by atoms with Crippen LogP contribution < -0.4 is 18.9 Å². The minimum Gasteiger partial charge on any atom is -0.487 e. The number of carbonyl (C=O) groups excluding carboxylic acids is 2. The number of fused-ring (bicyclic) bond motifs is 2. The van der Waals surface area contributed by atoms with Crippen LogP contribution in [0.25, 0.3) is 0 Å². The molecule has 6 nitrogen and oxygen atoms in total. The summed E-state index contributed by atoms with van der Waals surface area (Å²) in [5.41, 5.74) is 8.42. The third kappa shape index (κ3) is 20.0. The third-order valence-corrected chi connectivity index (χ3v) is 19.3. The van der Waals surface area contributed by atoms with Crippen molar-refractivity contribution in [2.24, 2.45) is 47.3 Å². The Morgan fingerprint density at radius 2 is 0.711 bits per heavy atom. The summed E-state index contributed by atoms with van der Waals surface area (Å²) in [5.74, 6) is 8.57. The molecule has 0 radical (unpaired) electrons. The maximum absolute atomic E-state index is 12.3. The fourth-order valence-corrected chi connectivity index (χ4v) is 13.6. The van der Waals surface area contributed by atoms with Gasteiger partial charge in [0.05, 0.1) is 0 Å². The van der Waals surface area contributed by atoms with E-state index in [-0.39, 0.29) is 23.1 Å². The number of carbonyl (C=O) groups is 2. The van der Waals surface area contributed by atoms with E-state index < -0.39 is 0 Å². The van der Waals surface area contributed by atoms with Crippen molar-refractivity contribution in [1.29, 1.82) is 0 Å².